The Balaban J connectivity index is 3.99. The second kappa shape index (κ2) is 5.75. The summed E-state index contributed by atoms with van der Waals surface area (Å²) in [5.41, 5.74) is 0.477. The third-order valence-electron chi connectivity index (χ3n) is 3.51. The maximum atomic E-state index is 2.47. The average molecular weight is 199 g/mol. The molecule has 0 amide bonds. The van der Waals surface area contributed by atoms with Gasteiger partial charge in [0.15, 0.2) is 0 Å². The zero-order valence-electron chi connectivity index (χ0n) is 11.2. The van der Waals surface area contributed by atoms with Crippen molar-refractivity contribution in [2.24, 2.45) is 17.3 Å². The van der Waals surface area contributed by atoms with Gasteiger partial charge in [0.2, 0.25) is 0 Å². The summed E-state index contributed by atoms with van der Waals surface area (Å²) in [7, 11) is 2.24. The predicted octanol–water partition coefficient (Wildman–Crippen LogP) is 3.65. The molecule has 1 atom stereocenters. The highest BCUT2D eigenvalue weighted by atomic mass is 15.1. The number of rotatable bonds is 6. The molecule has 0 bridgehead atoms. The Bertz CT molecular complexity index is 149. The first kappa shape index (κ1) is 14.0. The molecule has 0 aliphatic heterocycles. The van der Waals surface area contributed by atoms with Crippen LogP contribution in [0.5, 0.6) is 0 Å². The molecule has 0 rings (SSSR count). The van der Waals surface area contributed by atoms with Crippen molar-refractivity contribution < 1.29 is 0 Å². The van der Waals surface area contributed by atoms with Crippen molar-refractivity contribution in [3.8, 4) is 0 Å². The van der Waals surface area contributed by atoms with E-state index in [2.05, 4.69) is 53.5 Å². The third kappa shape index (κ3) is 4.99. The van der Waals surface area contributed by atoms with E-state index in [1.807, 2.05) is 0 Å². The topological polar surface area (TPSA) is 3.24 Å². The Hall–Kier alpha value is -0.0400. The Morgan fingerprint density at radius 1 is 1.07 bits per heavy atom. The molecule has 0 aromatic heterocycles. The molecular formula is C13H29N. The lowest BCUT2D eigenvalue weighted by atomic mass is 9.77. The van der Waals surface area contributed by atoms with Gasteiger partial charge in [0.1, 0.15) is 0 Å². The molecule has 1 nitrogen and oxygen atoms in total. The molecule has 14 heavy (non-hydrogen) atoms. The molecule has 0 spiro atoms. The van der Waals surface area contributed by atoms with Crippen LogP contribution in [0.1, 0.15) is 48.0 Å². The summed E-state index contributed by atoms with van der Waals surface area (Å²) in [5.74, 6) is 1.55. The predicted molar refractivity (Wildman–Crippen MR) is 65.6 cm³/mol. The lowest BCUT2D eigenvalue weighted by Crippen LogP contribution is -2.34. The Morgan fingerprint density at radius 2 is 1.57 bits per heavy atom. The first-order chi connectivity index (χ1) is 6.29. The van der Waals surface area contributed by atoms with Crippen molar-refractivity contribution in [3.63, 3.8) is 0 Å². The number of hydrogen-bond acceptors (Lipinski definition) is 1. The lowest BCUT2D eigenvalue weighted by molar-refractivity contribution is 0.153. The first-order valence-electron chi connectivity index (χ1n) is 5.98. The fourth-order valence-electron chi connectivity index (χ4n) is 1.76. The quantitative estimate of drug-likeness (QED) is 0.631. The monoisotopic (exact) mass is 199 g/mol. The molecule has 0 fully saturated rings. The van der Waals surface area contributed by atoms with Gasteiger partial charge < -0.3 is 4.90 Å². The van der Waals surface area contributed by atoms with E-state index in [4.69, 9.17) is 0 Å². The fourth-order valence-corrected chi connectivity index (χ4v) is 1.76. The Labute approximate surface area is 90.9 Å². The maximum Gasteiger partial charge on any atom is 0.000918 e. The molecule has 1 heteroatoms. The summed E-state index contributed by atoms with van der Waals surface area (Å²) >= 11 is 0. The molecule has 1 unspecified atom stereocenters. The maximum absolute atomic E-state index is 2.47. The fraction of sp³-hybridized carbons (Fsp3) is 1.00. The molecule has 0 saturated carbocycles. The summed E-state index contributed by atoms with van der Waals surface area (Å²) in [6.07, 6.45) is 1.27. The van der Waals surface area contributed by atoms with E-state index in [0.29, 0.717) is 5.41 Å². The van der Waals surface area contributed by atoms with Crippen LogP contribution in [0.2, 0.25) is 0 Å². The van der Waals surface area contributed by atoms with Crippen molar-refractivity contribution >= 4 is 0 Å². The normalized spacial score (nSPS) is 15.2. The van der Waals surface area contributed by atoms with E-state index in [0.717, 1.165) is 11.8 Å². The van der Waals surface area contributed by atoms with E-state index in [1.54, 1.807) is 0 Å². The van der Waals surface area contributed by atoms with Gasteiger partial charge in [0.05, 0.1) is 0 Å². The highest BCUT2D eigenvalue weighted by Gasteiger charge is 2.24. The zero-order valence-corrected chi connectivity index (χ0v) is 11.2. The van der Waals surface area contributed by atoms with E-state index in [9.17, 15) is 0 Å². The van der Waals surface area contributed by atoms with Crippen LogP contribution in [0, 0.1) is 17.3 Å². The number of hydrogen-bond donors (Lipinski definition) is 0. The van der Waals surface area contributed by atoms with E-state index >= 15 is 0 Å². The van der Waals surface area contributed by atoms with Crippen LogP contribution in [0.25, 0.3) is 0 Å². The van der Waals surface area contributed by atoms with Crippen LogP contribution in [-0.4, -0.2) is 25.0 Å². The molecule has 0 aliphatic carbocycles. The molecule has 0 heterocycles. The zero-order chi connectivity index (χ0) is 11.4. The van der Waals surface area contributed by atoms with Crippen LogP contribution in [-0.2, 0) is 0 Å². The SMILES string of the molecule is CCC(C)(C)C(C)CN(C)CC(C)C. The number of nitrogens with zero attached hydrogens (tertiary/aromatic N) is 1. The van der Waals surface area contributed by atoms with Crippen LogP contribution in [0.15, 0.2) is 0 Å². The molecule has 0 aliphatic rings. The van der Waals surface area contributed by atoms with Gasteiger partial charge in [-0.25, -0.2) is 0 Å². The largest absolute Gasteiger partial charge is 0.306 e. The summed E-state index contributed by atoms with van der Waals surface area (Å²) in [6.45, 7) is 16.4. The lowest BCUT2D eigenvalue weighted by Gasteiger charge is -2.34. The van der Waals surface area contributed by atoms with Crippen LogP contribution < -0.4 is 0 Å². The van der Waals surface area contributed by atoms with Gasteiger partial charge in [-0.1, -0.05) is 48.0 Å². The smallest absolute Gasteiger partial charge is 0.000918 e. The molecule has 0 saturated heterocycles. The van der Waals surface area contributed by atoms with E-state index in [-0.39, 0.29) is 0 Å². The second-order valence-corrected chi connectivity index (χ2v) is 5.86. The van der Waals surface area contributed by atoms with Crippen molar-refractivity contribution in [3.05, 3.63) is 0 Å². The molecule has 0 aromatic carbocycles. The van der Waals surface area contributed by atoms with E-state index < -0.39 is 0 Å². The highest BCUT2D eigenvalue weighted by Crippen LogP contribution is 2.30. The summed E-state index contributed by atoms with van der Waals surface area (Å²) < 4.78 is 0. The van der Waals surface area contributed by atoms with Crippen molar-refractivity contribution in [1.82, 2.24) is 4.90 Å². The minimum atomic E-state index is 0.477. The van der Waals surface area contributed by atoms with Gasteiger partial charge in [-0.15, -0.1) is 0 Å². The minimum Gasteiger partial charge on any atom is -0.306 e. The van der Waals surface area contributed by atoms with Gasteiger partial charge in [-0.3, -0.25) is 0 Å². The third-order valence-corrected chi connectivity index (χ3v) is 3.51. The Morgan fingerprint density at radius 3 is 1.93 bits per heavy atom. The molecular weight excluding hydrogens is 170 g/mol. The van der Waals surface area contributed by atoms with Gasteiger partial charge in [-0.05, 0) is 24.3 Å². The summed E-state index contributed by atoms with van der Waals surface area (Å²) in [5, 5.41) is 0. The van der Waals surface area contributed by atoms with Gasteiger partial charge >= 0.3 is 0 Å². The molecule has 0 aromatic rings. The highest BCUT2D eigenvalue weighted by molar-refractivity contribution is 4.76. The van der Waals surface area contributed by atoms with E-state index in [1.165, 1.54) is 19.5 Å². The molecule has 86 valence electrons. The van der Waals surface area contributed by atoms with Gasteiger partial charge in [-0.2, -0.15) is 0 Å². The standard InChI is InChI=1S/C13H29N/c1-8-13(5,6)12(4)10-14(7)9-11(2)3/h11-12H,8-10H2,1-7H3. The summed E-state index contributed by atoms with van der Waals surface area (Å²) in [4.78, 5) is 2.47. The van der Waals surface area contributed by atoms with Crippen LogP contribution in [0.4, 0.5) is 0 Å². The molecule has 0 radical (unpaired) electrons. The average Bonchev–Trinajstić information content (AvgIpc) is 2.02. The van der Waals surface area contributed by atoms with Gasteiger partial charge in [0.25, 0.3) is 0 Å². The van der Waals surface area contributed by atoms with Crippen molar-refractivity contribution in [2.75, 3.05) is 20.1 Å². The van der Waals surface area contributed by atoms with Crippen LogP contribution in [0.3, 0.4) is 0 Å². The minimum absolute atomic E-state index is 0.477. The summed E-state index contributed by atoms with van der Waals surface area (Å²) in [6, 6.07) is 0. The second-order valence-electron chi connectivity index (χ2n) is 5.86. The van der Waals surface area contributed by atoms with Crippen molar-refractivity contribution in [1.29, 1.82) is 0 Å². The Kier molecular flexibility index (Phi) is 5.73. The van der Waals surface area contributed by atoms with Gasteiger partial charge in [0, 0.05) is 13.1 Å². The molecule has 0 N–H and O–H groups in total. The first-order valence-corrected chi connectivity index (χ1v) is 5.98. The van der Waals surface area contributed by atoms with Crippen molar-refractivity contribution in [2.45, 2.75) is 48.0 Å². The van der Waals surface area contributed by atoms with Crippen LogP contribution >= 0.6 is 0 Å².